The van der Waals surface area contributed by atoms with Crippen LogP contribution >= 0.6 is 11.8 Å². The molecule has 0 spiro atoms. The maximum Gasteiger partial charge on any atom is 0.303 e. The number of esters is 3. The third kappa shape index (κ3) is 5.06. The second-order valence-corrected chi connectivity index (χ2v) is 7.93. The number of rotatable bonds is 5. The first-order chi connectivity index (χ1) is 15.5. The number of fused-ring (bicyclic) bond motifs is 1. The second-order valence-electron chi connectivity index (χ2n) is 7.14. The average molecular weight is 482 g/mol. The van der Waals surface area contributed by atoms with Gasteiger partial charge in [0.1, 0.15) is 5.69 Å². The number of aromatic amines is 1. The van der Waals surface area contributed by atoms with E-state index in [0.717, 1.165) is 37.1 Å². The Morgan fingerprint density at radius 3 is 2.21 bits per heavy atom. The van der Waals surface area contributed by atoms with Gasteiger partial charge in [-0.2, -0.15) is 0 Å². The summed E-state index contributed by atoms with van der Waals surface area (Å²) in [5, 5.41) is 0.209. The van der Waals surface area contributed by atoms with E-state index in [-0.39, 0.29) is 28.6 Å². The number of H-pyrrole nitrogens is 1. The molecular formula is C19H22N4O9S. The Hall–Kier alpha value is -3.26. The van der Waals surface area contributed by atoms with E-state index in [1.54, 1.807) is 6.26 Å². The first-order valence-electron chi connectivity index (χ1n) is 9.73. The van der Waals surface area contributed by atoms with Gasteiger partial charge in [0, 0.05) is 20.8 Å². The molecule has 4 unspecified atom stereocenters. The van der Waals surface area contributed by atoms with Crippen LogP contribution in [0.15, 0.2) is 14.7 Å². The van der Waals surface area contributed by atoms with Gasteiger partial charge >= 0.3 is 17.9 Å². The number of hydrogen-bond donors (Lipinski definition) is 1. The summed E-state index contributed by atoms with van der Waals surface area (Å²) in [6.07, 6.45) is -3.52. The largest absolute Gasteiger partial charge is 0.456 e. The van der Waals surface area contributed by atoms with Gasteiger partial charge in [0.15, 0.2) is 40.9 Å². The Labute approximate surface area is 190 Å². The van der Waals surface area contributed by atoms with Crippen molar-refractivity contribution in [3.05, 3.63) is 26.4 Å². The van der Waals surface area contributed by atoms with Crippen molar-refractivity contribution < 1.29 is 33.3 Å². The molecule has 1 aliphatic heterocycles. The highest BCUT2D eigenvalue weighted by molar-refractivity contribution is 7.98. The van der Waals surface area contributed by atoms with Gasteiger partial charge in [-0.05, 0) is 13.2 Å². The molecule has 1 fully saturated rings. The van der Waals surface area contributed by atoms with Crippen LogP contribution in [0.4, 0.5) is 0 Å². The minimum atomic E-state index is -1.41. The van der Waals surface area contributed by atoms with Gasteiger partial charge in [-0.1, -0.05) is 11.8 Å². The highest BCUT2D eigenvalue weighted by Gasteiger charge is 2.48. The number of carbonyl (C=O) groups excluding carboxylic acids is 3. The molecule has 0 radical (unpaired) electrons. The predicted octanol–water partition coefficient (Wildman–Crippen LogP) is -0.166. The number of aromatic nitrogens is 4. The van der Waals surface area contributed by atoms with Crippen molar-refractivity contribution in [1.82, 2.24) is 19.5 Å². The molecule has 1 saturated heterocycles. The quantitative estimate of drug-likeness (QED) is 0.259. The van der Waals surface area contributed by atoms with Crippen molar-refractivity contribution in [2.24, 2.45) is 0 Å². The lowest BCUT2D eigenvalue weighted by atomic mass is 10.0. The summed E-state index contributed by atoms with van der Waals surface area (Å²) in [7, 11) is 0. The Kier molecular flexibility index (Phi) is 7.17. The van der Waals surface area contributed by atoms with Gasteiger partial charge in [0.25, 0.3) is 11.1 Å². The van der Waals surface area contributed by atoms with E-state index < -0.39 is 53.6 Å². The van der Waals surface area contributed by atoms with E-state index in [1.807, 2.05) is 0 Å². The summed E-state index contributed by atoms with van der Waals surface area (Å²) < 4.78 is 22.7. The Morgan fingerprint density at radius 2 is 1.64 bits per heavy atom. The van der Waals surface area contributed by atoms with Crippen LogP contribution in [-0.4, -0.2) is 68.6 Å². The minimum Gasteiger partial charge on any atom is -0.456 e. The zero-order valence-corrected chi connectivity index (χ0v) is 19.3. The Bertz CT molecular complexity index is 1220. The monoisotopic (exact) mass is 482 g/mol. The van der Waals surface area contributed by atoms with Gasteiger partial charge < -0.3 is 18.9 Å². The smallest absolute Gasteiger partial charge is 0.303 e. The van der Waals surface area contributed by atoms with Crippen LogP contribution in [0, 0.1) is 6.92 Å². The van der Waals surface area contributed by atoms with E-state index in [0.29, 0.717) is 0 Å². The van der Waals surface area contributed by atoms with E-state index in [4.69, 9.17) is 18.9 Å². The van der Waals surface area contributed by atoms with Crippen molar-refractivity contribution >= 4 is 40.8 Å². The van der Waals surface area contributed by atoms with Crippen molar-refractivity contribution in [3.8, 4) is 0 Å². The lowest BCUT2D eigenvalue weighted by Gasteiger charge is -2.41. The molecule has 2 aromatic rings. The SMILES string of the molecule is CSc1nc2c(nc(C)c(=O)n2C2OCC(OC(C)=O)C(OC(C)=O)C2OC(C)=O)c(=O)[nH]1. The molecule has 13 nitrogen and oxygen atoms in total. The maximum absolute atomic E-state index is 13.1. The van der Waals surface area contributed by atoms with Crippen LogP contribution in [0.5, 0.6) is 0 Å². The number of carbonyl (C=O) groups is 3. The summed E-state index contributed by atoms with van der Waals surface area (Å²) in [6.45, 7) is 4.50. The van der Waals surface area contributed by atoms with Crippen LogP contribution < -0.4 is 11.1 Å². The van der Waals surface area contributed by atoms with E-state index in [2.05, 4.69) is 15.0 Å². The van der Waals surface area contributed by atoms with Gasteiger partial charge in [0.05, 0.1) is 6.61 Å². The molecule has 0 bridgehead atoms. The van der Waals surface area contributed by atoms with Crippen LogP contribution in [0.25, 0.3) is 11.2 Å². The topological polar surface area (TPSA) is 169 Å². The highest BCUT2D eigenvalue weighted by Crippen LogP contribution is 2.31. The molecule has 14 heteroatoms. The Balaban J connectivity index is 2.26. The Morgan fingerprint density at radius 1 is 1.03 bits per heavy atom. The number of nitrogens with zero attached hydrogens (tertiary/aromatic N) is 3. The standard InChI is InChI=1S/C19H22N4O9S/c1-7-17(28)23(15-12(20-7)16(27)22-19(21-15)33-5)18-14(32-10(4)26)13(31-9(3)25)11(6-29-18)30-8(2)24/h11,13-14,18H,6H2,1-5H3,(H,21,22,27). The molecule has 1 N–H and O–H groups in total. The molecule has 1 aliphatic rings. The average Bonchev–Trinajstić information content (AvgIpc) is 2.71. The molecular weight excluding hydrogens is 460 g/mol. The number of thioether (sulfide) groups is 1. The number of aryl methyl sites for hydroxylation is 1. The highest BCUT2D eigenvalue weighted by atomic mass is 32.2. The number of ether oxygens (including phenoxy) is 4. The van der Waals surface area contributed by atoms with Crippen LogP contribution in [0.1, 0.15) is 32.7 Å². The van der Waals surface area contributed by atoms with Crippen LogP contribution in [-0.2, 0) is 33.3 Å². The molecule has 0 aromatic carbocycles. The van der Waals surface area contributed by atoms with Crippen molar-refractivity contribution in [2.75, 3.05) is 12.9 Å². The molecule has 2 aromatic heterocycles. The summed E-state index contributed by atoms with van der Waals surface area (Å²) in [5.41, 5.74) is -1.55. The van der Waals surface area contributed by atoms with Crippen LogP contribution in [0.2, 0.25) is 0 Å². The fourth-order valence-corrected chi connectivity index (χ4v) is 3.84. The molecule has 0 saturated carbocycles. The summed E-state index contributed by atoms with van der Waals surface area (Å²) in [4.78, 5) is 71.9. The van der Waals surface area contributed by atoms with E-state index in [1.165, 1.54) is 6.92 Å². The molecule has 178 valence electrons. The van der Waals surface area contributed by atoms with Crippen molar-refractivity contribution in [1.29, 1.82) is 0 Å². The van der Waals surface area contributed by atoms with Gasteiger partial charge in [-0.3, -0.25) is 33.5 Å². The molecule has 3 rings (SSSR count). The van der Waals surface area contributed by atoms with E-state index in [9.17, 15) is 24.0 Å². The zero-order valence-electron chi connectivity index (χ0n) is 18.4. The predicted molar refractivity (Wildman–Crippen MR) is 113 cm³/mol. The third-order valence-corrected chi connectivity index (χ3v) is 5.24. The number of hydrogen-bond acceptors (Lipinski definition) is 12. The fraction of sp³-hybridized carbons (Fsp3) is 0.526. The van der Waals surface area contributed by atoms with Gasteiger partial charge in [-0.25, -0.2) is 9.97 Å². The van der Waals surface area contributed by atoms with Gasteiger partial charge in [-0.15, -0.1) is 0 Å². The molecule has 33 heavy (non-hydrogen) atoms. The molecule has 4 atom stereocenters. The van der Waals surface area contributed by atoms with E-state index >= 15 is 0 Å². The lowest BCUT2D eigenvalue weighted by molar-refractivity contribution is -0.239. The normalized spacial score (nSPS) is 22.6. The summed E-state index contributed by atoms with van der Waals surface area (Å²) >= 11 is 1.13. The fourth-order valence-electron chi connectivity index (χ4n) is 3.47. The zero-order chi connectivity index (χ0) is 24.4. The minimum absolute atomic E-state index is 0.0389. The first kappa shape index (κ1) is 24.4. The molecule has 0 amide bonds. The maximum atomic E-state index is 13.1. The van der Waals surface area contributed by atoms with Crippen molar-refractivity contribution in [3.63, 3.8) is 0 Å². The summed E-state index contributed by atoms with van der Waals surface area (Å²) in [6, 6.07) is 0. The first-order valence-corrected chi connectivity index (χ1v) is 11.0. The van der Waals surface area contributed by atoms with Gasteiger partial charge in [0.2, 0.25) is 0 Å². The second kappa shape index (κ2) is 9.70. The number of nitrogens with one attached hydrogen (secondary N) is 1. The molecule has 3 heterocycles. The summed E-state index contributed by atoms with van der Waals surface area (Å²) in [5.74, 6) is -2.19. The van der Waals surface area contributed by atoms with Crippen LogP contribution in [0.3, 0.4) is 0 Å². The van der Waals surface area contributed by atoms with Crippen molar-refractivity contribution in [2.45, 2.75) is 57.4 Å². The lowest BCUT2D eigenvalue weighted by Crippen LogP contribution is -2.57. The molecule has 0 aliphatic carbocycles. The third-order valence-electron chi connectivity index (χ3n) is 4.66.